The Bertz CT molecular complexity index is 2740. The minimum absolute atomic E-state index is 0.165. The van der Waals surface area contributed by atoms with Gasteiger partial charge < -0.3 is 20.4 Å². The molecule has 4 atom stereocenters. The topological polar surface area (TPSA) is 165 Å². The average molecular weight is 1020 g/mol. The third-order valence-electron chi connectivity index (χ3n) is 14.5. The number of nitrogens with zero attached hydrogens (tertiary/aromatic N) is 6. The van der Waals surface area contributed by atoms with Crippen molar-refractivity contribution in [1.82, 2.24) is 30.4 Å². The quantitative estimate of drug-likeness (QED) is 0.0987. The molecule has 0 radical (unpaired) electrons. The summed E-state index contributed by atoms with van der Waals surface area (Å²) in [7, 11) is 0. The highest BCUT2D eigenvalue weighted by atomic mass is 16.2. The van der Waals surface area contributed by atoms with Crippen LogP contribution in [0.25, 0.3) is 0 Å². The maximum absolute atomic E-state index is 15.2. The molecule has 75 heavy (non-hydrogen) atoms. The number of allylic oxidation sites excluding steroid dienone is 1. The van der Waals surface area contributed by atoms with Crippen LogP contribution in [0.3, 0.4) is 0 Å². The summed E-state index contributed by atoms with van der Waals surface area (Å²) in [5, 5.41) is 6.43. The molecule has 2 aromatic heterocycles. The van der Waals surface area contributed by atoms with Gasteiger partial charge in [-0.15, -0.1) is 0 Å². The first-order chi connectivity index (χ1) is 35.2. The van der Waals surface area contributed by atoms with Crippen LogP contribution in [-0.2, 0) is 39.6 Å². The standard InChI is InChI=1S/C61H80N8O6/c1-15-41(4)55(73)67-37-19-23-49(67)57(75)68(50(42-20-16-34-62-38-42)52(70)64-59(8,9)10)47-30-26-45(27-31-47)60(11,12)32-33-61(13,14)65-53(71)51(43-21-17-35-63-39-43)69(46-28-24-44(25-29-46)58(5,6)7)56(74)48-22-18-36-66(48)54(72)40(2)3/h15-17,20-21,24-31,34-35,38-39,48-51H,2,18-19,22-23,32-33,36-37H2,1,3-14H3,(H,64,70)(H,65,71)/b41-15+. The van der Waals surface area contributed by atoms with Crippen molar-refractivity contribution in [1.29, 1.82) is 0 Å². The van der Waals surface area contributed by atoms with Gasteiger partial charge in [0.2, 0.25) is 23.6 Å². The Kier molecular flexibility index (Phi) is 17.8. The van der Waals surface area contributed by atoms with Crippen LogP contribution in [0.5, 0.6) is 0 Å². The number of carbonyl (C=O) groups excluding carboxylic acids is 6. The minimum Gasteiger partial charge on any atom is -0.349 e. The minimum atomic E-state index is -1.14. The first kappa shape index (κ1) is 57.3. The molecule has 2 N–H and O–H groups in total. The van der Waals surface area contributed by atoms with Crippen molar-refractivity contribution >= 4 is 46.8 Å². The predicted molar refractivity (Wildman–Crippen MR) is 297 cm³/mol. The van der Waals surface area contributed by atoms with Gasteiger partial charge in [0.1, 0.15) is 24.2 Å². The Labute approximate surface area is 445 Å². The fourth-order valence-corrected chi connectivity index (χ4v) is 10.0. The van der Waals surface area contributed by atoms with E-state index in [2.05, 4.69) is 61.8 Å². The zero-order chi connectivity index (χ0) is 55.2. The molecule has 2 aromatic carbocycles. The van der Waals surface area contributed by atoms with Crippen LogP contribution in [0.2, 0.25) is 0 Å². The van der Waals surface area contributed by atoms with Crippen LogP contribution in [0, 0.1) is 0 Å². The first-order valence-corrected chi connectivity index (χ1v) is 26.4. The third-order valence-corrected chi connectivity index (χ3v) is 14.5. The molecular formula is C61H80N8O6. The van der Waals surface area contributed by atoms with E-state index in [1.165, 1.54) is 4.90 Å². The van der Waals surface area contributed by atoms with Crippen molar-refractivity contribution < 1.29 is 28.8 Å². The molecule has 0 spiro atoms. The normalized spacial score (nSPS) is 17.2. The van der Waals surface area contributed by atoms with Crippen molar-refractivity contribution in [2.75, 3.05) is 22.9 Å². The lowest BCUT2D eigenvalue weighted by molar-refractivity contribution is -0.135. The highest BCUT2D eigenvalue weighted by Gasteiger charge is 2.45. The number of carbonyl (C=O) groups is 6. The molecule has 2 saturated heterocycles. The van der Waals surface area contributed by atoms with E-state index in [9.17, 15) is 14.4 Å². The van der Waals surface area contributed by atoms with E-state index in [1.54, 1.807) is 90.6 Å². The van der Waals surface area contributed by atoms with Gasteiger partial charge >= 0.3 is 0 Å². The van der Waals surface area contributed by atoms with Crippen molar-refractivity contribution in [2.24, 2.45) is 0 Å². The molecule has 400 valence electrons. The highest BCUT2D eigenvalue weighted by molar-refractivity contribution is 6.07. The fourth-order valence-electron chi connectivity index (χ4n) is 10.0. The Morgan fingerprint density at radius 3 is 1.48 bits per heavy atom. The van der Waals surface area contributed by atoms with E-state index in [0.29, 0.717) is 85.3 Å². The van der Waals surface area contributed by atoms with E-state index in [1.807, 2.05) is 83.1 Å². The number of aromatic nitrogens is 2. The number of nitrogens with one attached hydrogen (secondary N) is 2. The van der Waals surface area contributed by atoms with Crippen molar-refractivity contribution in [2.45, 2.75) is 175 Å². The first-order valence-electron chi connectivity index (χ1n) is 26.4. The molecule has 6 amide bonds. The number of benzene rings is 2. The Hall–Kier alpha value is -6.96. The van der Waals surface area contributed by atoms with Gasteiger partial charge in [0.15, 0.2) is 0 Å². The zero-order valence-electron chi connectivity index (χ0n) is 46.6. The number of rotatable bonds is 17. The van der Waals surface area contributed by atoms with Crippen LogP contribution in [0.4, 0.5) is 11.4 Å². The largest absolute Gasteiger partial charge is 0.349 e. The summed E-state index contributed by atoms with van der Waals surface area (Å²) in [5.41, 5.74) is 2.94. The van der Waals surface area contributed by atoms with Gasteiger partial charge in [0.25, 0.3) is 11.8 Å². The molecule has 4 heterocycles. The average Bonchev–Trinajstić information content (AvgIpc) is 4.07. The Balaban J connectivity index is 1.31. The number of hydrogen-bond donors (Lipinski definition) is 2. The highest BCUT2D eigenvalue weighted by Crippen LogP contribution is 2.38. The molecule has 14 heteroatoms. The Morgan fingerprint density at radius 1 is 0.640 bits per heavy atom. The van der Waals surface area contributed by atoms with E-state index < -0.39 is 46.6 Å². The lowest BCUT2D eigenvalue weighted by atomic mass is 9.77. The van der Waals surface area contributed by atoms with E-state index in [-0.39, 0.29) is 35.0 Å². The predicted octanol–water partition coefficient (Wildman–Crippen LogP) is 10.0. The van der Waals surface area contributed by atoms with Crippen LogP contribution in [-0.4, -0.2) is 91.5 Å². The van der Waals surface area contributed by atoms with Crippen LogP contribution in [0.1, 0.15) is 163 Å². The molecule has 2 fully saturated rings. The summed E-state index contributed by atoms with van der Waals surface area (Å²) >= 11 is 0. The molecule has 0 aliphatic carbocycles. The number of hydrogen-bond acceptors (Lipinski definition) is 8. The number of anilines is 2. The van der Waals surface area contributed by atoms with Crippen LogP contribution >= 0.6 is 0 Å². The maximum Gasteiger partial charge on any atom is 0.250 e. The lowest BCUT2D eigenvalue weighted by Gasteiger charge is -2.38. The third kappa shape index (κ3) is 13.7. The Morgan fingerprint density at radius 2 is 1.08 bits per heavy atom. The number of amides is 6. The molecule has 2 aliphatic rings. The summed E-state index contributed by atoms with van der Waals surface area (Å²) in [6.07, 6.45) is 11.5. The van der Waals surface area contributed by atoms with E-state index >= 15 is 14.4 Å². The fraction of sp³-hybridized carbons (Fsp3) is 0.475. The van der Waals surface area contributed by atoms with Gasteiger partial charge in [0.05, 0.1) is 0 Å². The molecule has 6 rings (SSSR count). The second kappa shape index (κ2) is 23.3. The zero-order valence-corrected chi connectivity index (χ0v) is 46.6. The SMILES string of the molecule is C=C(C)C(=O)N1CCCC1C(=O)N(c1ccc(C(C)(C)C)cc1)C(C(=O)NC(C)(C)CCC(C)(C)c1ccc(N(C(=O)C2CCCN2C(=O)/C(C)=C/C)C(C(=O)NC(C)(C)C)c2cccnc2)cc1)c1cccnc1. The molecule has 14 nitrogen and oxygen atoms in total. The lowest BCUT2D eigenvalue weighted by Crippen LogP contribution is -2.54. The number of pyridine rings is 2. The monoisotopic (exact) mass is 1020 g/mol. The van der Waals surface area contributed by atoms with Crippen LogP contribution < -0.4 is 20.4 Å². The maximum atomic E-state index is 15.2. The summed E-state index contributed by atoms with van der Waals surface area (Å²) in [6.45, 7) is 30.1. The second-order valence-electron chi connectivity index (χ2n) is 23.7. The number of likely N-dealkylation sites (tertiary alicyclic amines) is 2. The smallest absolute Gasteiger partial charge is 0.250 e. The molecular weight excluding hydrogens is 941 g/mol. The van der Waals surface area contributed by atoms with Gasteiger partial charge in [-0.1, -0.05) is 83.7 Å². The summed E-state index contributed by atoms with van der Waals surface area (Å²) in [6, 6.07) is 18.6. The molecule has 0 bridgehead atoms. The van der Waals surface area contributed by atoms with Crippen LogP contribution in [0.15, 0.2) is 121 Å². The van der Waals surface area contributed by atoms with Gasteiger partial charge in [-0.3, -0.25) is 48.5 Å². The summed E-state index contributed by atoms with van der Waals surface area (Å²) < 4.78 is 0. The van der Waals surface area contributed by atoms with E-state index in [4.69, 9.17) is 0 Å². The van der Waals surface area contributed by atoms with Gasteiger partial charge in [-0.25, -0.2) is 0 Å². The van der Waals surface area contributed by atoms with Gasteiger partial charge in [0, 0.05) is 82.6 Å². The molecule has 2 aliphatic heterocycles. The molecule has 0 saturated carbocycles. The van der Waals surface area contributed by atoms with Crippen molar-refractivity contribution in [3.8, 4) is 0 Å². The summed E-state index contributed by atoms with van der Waals surface area (Å²) in [4.78, 5) is 102. The summed E-state index contributed by atoms with van der Waals surface area (Å²) in [5.74, 6) is -2.00. The van der Waals surface area contributed by atoms with Gasteiger partial charge in [-0.2, -0.15) is 0 Å². The van der Waals surface area contributed by atoms with E-state index in [0.717, 1.165) is 11.1 Å². The van der Waals surface area contributed by atoms with Crippen molar-refractivity contribution in [3.05, 3.63) is 144 Å². The van der Waals surface area contributed by atoms with Crippen molar-refractivity contribution in [3.63, 3.8) is 0 Å². The molecule has 4 aromatic rings. The second-order valence-corrected chi connectivity index (χ2v) is 23.7. The molecule has 4 unspecified atom stereocenters. The van der Waals surface area contributed by atoms with Gasteiger partial charge in [-0.05, 0) is 152 Å².